The van der Waals surface area contributed by atoms with E-state index in [9.17, 15) is 4.79 Å². The highest BCUT2D eigenvalue weighted by atomic mass is 32.1. The van der Waals surface area contributed by atoms with Gasteiger partial charge >= 0.3 is 0 Å². The van der Waals surface area contributed by atoms with Crippen LogP contribution in [0.3, 0.4) is 0 Å². The normalized spacial score (nSPS) is 15.2. The number of aliphatic hydroxyl groups is 1. The number of ether oxygens (including phenoxy) is 2. The molecule has 1 aliphatic rings. The molecule has 156 valence electrons. The third-order valence-electron chi connectivity index (χ3n) is 5.10. The van der Waals surface area contributed by atoms with Crippen molar-refractivity contribution in [3.05, 3.63) is 69.7 Å². The lowest BCUT2D eigenvalue weighted by Crippen LogP contribution is -2.26. The maximum absolute atomic E-state index is 12.1. The number of aliphatic hydroxyl groups excluding tert-OH is 1. The molecule has 0 aliphatic carbocycles. The number of aromatic nitrogens is 1. The molecule has 0 bridgehead atoms. The minimum Gasteiger partial charge on any atom is -0.485 e. The Morgan fingerprint density at radius 2 is 2.13 bits per heavy atom. The molecule has 1 unspecified atom stereocenters. The van der Waals surface area contributed by atoms with E-state index >= 15 is 0 Å². The van der Waals surface area contributed by atoms with Gasteiger partial charge in [0.15, 0.2) is 0 Å². The molecule has 0 spiro atoms. The van der Waals surface area contributed by atoms with E-state index in [2.05, 4.69) is 29.4 Å². The molecule has 1 atom stereocenters. The summed E-state index contributed by atoms with van der Waals surface area (Å²) in [7, 11) is 0. The van der Waals surface area contributed by atoms with E-state index in [0.29, 0.717) is 21.5 Å². The van der Waals surface area contributed by atoms with Crippen LogP contribution in [0, 0.1) is 13.8 Å². The van der Waals surface area contributed by atoms with Crippen molar-refractivity contribution in [2.24, 2.45) is 0 Å². The molecule has 4 rings (SSSR count). The molecule has 0 fully saturated rings. The summed E-state index contributed by atoms with van der Waals surface area (Å²) in [6, 6.07) is 14.1. The van der Waals surface area contributed by atoms with Gasteiger partial charge in [-0.3, -0.25) is 4.79 Å². The Bertz CT molecular complexity index is 1060. The highest BCUT2D eigenvalue weighted by Crippen LogP contribution is 2.39. The number of benzene rings is 2. The van der Waals surface area contributed by atoms with E-state index in [0.717, 1.165) is 24.2 Å². The summed E-state index contributed by atoms with van der Waals surface area (Å²) in [6.07, 6.45) is 1.87. The number of aryl methyl sites for hydroxylation is 3. The third kappa shape index (κ3) is 4.32. The number of carbonyl (C=O) groups is 1. The molecule has 2 aromatic carbocycles. The van der Waals surface area contributed by atoms with Crippen LogP contribution in [0.25, 0.3) is 0 Å². The van der Waals surface area contributed by atoms with Gasteiger partial charge in [0.2, 0.25) is 0 Å². The van der Waals surface area contributed by atoms with Gasteiger partial charge in [-0.1, -0.05) is 35.6 Å². The summed E-state index contributed by atoms with van der Waals surface area (Å²) in [5.74, 6) is 1.29. The number of hydrogen-bond acceptors (Lipinski definition) is 6. The molecule has 6 nitrogen and oxygen atoms in total. The van der Waals surface area contributed by atoms with E-state index in [-0.39, 0.29) is 25.2 Å². The van der Waals surface area contributed by atoms with Gasteiger partial charge in [-0.25, -0.2) is 4.98 Å². The van der Waals surface area contributed by atoms with Gasteiger partial charge in [0.05, 0.1) is 12.3 Å². The number of fused-ring (bicyclic) bond motifs is 1. The van der Waals surface area contributed by atoms with Crippen molar-refractivity contribution in [2.45, 2.75) is 32.8 Å². The predicted molar refractivity (Wildman–Crippen MR) is 116 cm³/mol. The Balaban J connectivity index is 1.47. The zero-order valence-corrected chi connectivity index (χ0v) is 17.8. The molecule has 1 amide bonds. The first-order chi connectivity index (χ1) is 14.5. The number of thiazole rings is 1. The third-order valence-corrected chi connectivity index (χ3v) is 6.13. The molecule has 30 heavy (non-hydrogen) atoms. The van der Waals surface area contributed by atoms with Crippen LogP contribution in [0.1, 0.15) is 44.6 Å². The van der Waals surface area contributed by atoms with Gasteiger partial charge in [0, 0.05) is 6.54 Å². The fourth-order valence-electron chi connectivity index (χ4n) is 3.57. The highest BCUT2D eigenvalue weighted by Gasteiger charge is 2.23. The van der Waals surface area contributed by atoms with E-state index in [1.165, 1.54) is 22.5 Å². The minimum absolute atomic E-state index is 0.0621. The first-order valence-electron chi connectivity index (χ1n) is 9.94. The van der Waals surface area contributed by atoms with Crippen LogP contribution >= 0.6 is 11.3 Å². The van der Waals surface area contributed by atoms with E-state index in [1.54, 1.807) is 6.92 Å². The summed E-state index contributed by atoms with van der Waals surface area (Å²) in [6.45, 7) is 3.98. The summed E-state index contributed by atoms with van der Waals surface area (Å²) in [5, 5.41) is 11.9. The first-order valence-corrected chi connectivity index (χ1v) is 10.8. The molecule has 0 saturated heterocycles. The lowest BCUT2D eigenvalue weighted by atomic mass is 9.95. The molecule has 1 aliphatic heterocycles. The van der Waals surface area contributed by atoms with Crippen LogP contribution in [0.15, 0.2) is 42.5 Å². The largest absolute Gasteiger partial charge is 0.485 e. The fourth-order valence-corrected chi connectivity index (χ4v) is 4.43. The van der Waals surface area contributed by atoms with E-state index in [4.69, 9.17) is 14.6 Å². The Kier molecular flexibility index (Phi) is 6.01. The molecule has 2 heterocycles. The van der Waals surface area contributed by atoms with Crippen LogP contribution in [0.5, 0.6) is 16.7 Å². The number of rotatable bonds is 6. The monoisotopic (exact) mass is 424 g/mol. The van der Waals surface area contributed by atoms with Gasteiger partial charge in [-0.05, 0) is 61.6 Å². The van der Waals surface area contributed by atoms with Crippen molar-refractivity contribution in [3.63, 3.8) is 0 Å². The summed E-state index contributed by atoms with van der Waals surface area (Å²) >= 11 is 1.19. The lowest BCUT2D eigenvalue weighted by molar-refractivity contribution is 0.0948. The lowest BCUT2D eigenvalue weighted by Gasteiger charge is -2.27. The average molecular weight is 425 g/mol. The smallest absolute Gasteiger partial charge is 0.279 e. The summed E-state index contributed by atoms with van der Waals surface area (Å²) < 4.78 is 12.2. The second-order valence-electron chi connectivity index (χ2n) is 7.25. The van der Waals surface area contributed by atoms with Gasteiger partial charge in [0.25, 0.3) is 11.1 Å². The van der Waals surface area contributed by atoms with Crippen molar-refractivity contribution >= 4 is 17.2 Å². The second kappa shape index (κ2) is 8.85. The van der Waals surface area contributed by atoms with Gasteiger partial charge in [-0.15, -0.1) is 0 Å². The van der Waals surface area contributed by atoms with Crippen molar-refractivity contribution in [1.29, 1.82) is 0 Å². The molecule has 2 N–H and O–H groups in total. The van der Waals surface area contributed by atoms with Crippen LogP contribution in [-0.4, -0.2) is 29.1 Å². The van der Waals surface area contributed by atoms with Gasteiger partial charge in [0.1, 0.15) is 22.5 Å². The molecule has 0 radical (unpaired) electrons. The Labute approximate surface area is 179 Å². The number of hydrogen-bond donors (Lipinski definition) is 2. The molecule has 0 saturated carbocycles. The quantitative estimate of drug-likeness (QED) is 0.615. The van der Waals surface area contributed by atoms with Crippen molar-refractivity contribution < 1.29 is 19.4 Å². The molecule has 1 aromatic heterocycles. The summed E-state index contributed by atoms with van der Waals surface area (Å²) in [5.41, 5.74) is 4.18. The van der Waals surface area contributed by atoms with Crippen LogP contribution < -0.4 is 14.8 Å². The maximum Gasteiger partial charge on any atom is 0.279 e. The van der Waals surface area contributed by atoms with Gasteiger partial charge in [-0.2, -0.15) is 0 Å². The topological polar surface area (TPSA) is 80.7 Å². The van der Waals surface area contributed by atoms with Crippen LogP contribution in [0.2, 0.25) is 0 Å². The maximum atomic E-state index is 12.1. The average Bonchev–Trinajstić information content (AvgIpc) is 3.12. The number of nitrogens with zero attached hydrogens (tertiary/aromatic N) is 1. The number of carbonyl (C=O) groups excluding carboxylic acids is 1. The van der Waals surface area contributed by atoms with E-state index < -0.39 is 0 Å². The van der Waals surface area contributed by atoms with Crippen LogP contribution in [0.4, 0.5) is 0 Å². The van der Waals surface area contributed by atoms with Crippen molar-refractivity contribution in [2.75, 3.05) is 13.2 Å². The zero-order valence-electron chi connectivity index (χ0n) is 17.0. The predicted octanol–water partition coefficient (Wildman–Crippen LogP) is 4.34. The fraction of sp³-hybridized carbons (Fsp3) is 0.304. The minimum atomic E-state index is -0.255. The Morgan fingerprint density at radius 1 is 1.30 bits per heavy atom. The van der Waals surface area contributed by atoms with E-state index in [1.807, 2.05) is 30.3 Å². The van der Waals surface area contributed by atoms with Crippen LogP contribution in [-0.2, 0) is 6.42 Å². The SMILES string of the molecule is Cc1ccccc1C1CCc2cc(Oc3nc(C)c(C(=O)NCCO)s3)ccc2O1. The first kappa shape index (κ1) is 20.4. The molecular weight excluding hydrogens is 400 g/mol. The summed E-state index contributed by atoms with van der Waals surface area (Å²) in [4.78, 5) is 17.0. The molecule has 7 heteroatoms. The van der Waals surface area contributed by atoms with Crippen molar-refractivity contribution in [1.82, 2.24) is 10.3 Å². The number of amides is 1. The Morgan fingerprint density at radius 3 is 2.93 bits per heavy atom. The second-order valence-corrected chi connectivity index (χ2v) is 8.21. The Hall–Kier alpha value is -2.90. The highest BCUT2D eigenvalue weighted by molar-refractivity contribution is 7.15. The van der Waals surface area contributed by atoms with Crippen molar-refractivity contribution in [3.8, 4) is 16.7 Å². The molecular formula is C23H24N2O4S. The molecule has 3 aromatic rings. The standard InChI is InChI=1S/C23H24N2O4S/c1-14-5-3-4-6-18(14)20-9-7-16-13-17(8-10-19(16)29-20)28-23-25-15(2)21(30-23)22(27)24-11-12-26/h3-6,8,10,13,20,26H,7,9,11-12H2,1-2H3,(H,24,27). The van der Waals surface area contributed by atoms with Gasteiger partial charge < -0.3 is 19.9 Å². The zero-order chi connectivity index (χ0) is 21.1. The number of nitrogens with one attached hydrogen (secondary N) is 1.